The molecule has 0 atom stereocenters. The van der Waals surface area contributed by atoms with Crippen molar-refractivity contribution in [3.63, 3.8) is 0 Å². The fourth-order valence-electron chi connectivity index (χ4n) is 1.24. The molecule has 1 heterocycles. The molecule has 0 unspecified atom stereocenters. The van der Waals surface area contributed by atoms with E-state index in [1.54, 1.807) is 18.2 Å². The standard InChI is InChI=1S/C9H6FNOS/c10-8-4-6-5(9(11)12)2-1-3-7(6)13-8/h1-4H,(H2,11,12). The number of benzene rings is 1. The Morgan fingerprint density at radius 1 is 1.46 bits per heavy atom. The number of carbonyl (C=O) groups is 1. The van der Waals surface area contributed by atoms with Crippen molar-refractivity contribution in [1.29, 1.82) is 0 Å². The third kappa shape index (κ3) is 1.29. The first-order valence-electron chi connectivity index (χ1n) is 3.66. The molecule has 4 heteroatoms. The zero-order valence-electron chi connectivity index (χ0n) is 6.58. The molecule has 1 aromatic carbocycles. The second-order valence-corrected chi connectivity index (χ2v) is 3.67. The van der Waals surface area contributed by atoms with E-state index in [9.17, 15) is 9.18 Å². The fourth-order valence-corrected chi connectivity index (χ4v) is 2.06. The molecule has 0 aliphatic heterocycles. The Morgan fingerprint density at radius 2 is 2.23 bits per heavy atom. The Bertz CT molecular complexity index is 477. The van der Waals surface area contributed by atoms with Crippen LogP contribution in [0.2, 0.25) is 0 Å². The lowest BCUT2D eigenvalue weighted by atomic mass is 10.1. The highest BCUT2D eigenvalue weighted by Gasteiger charge is 2.08. The molecule has 13 heavy (non-hydrogen) atoms. The molecule has 0 saturated heterocycles. The topological polar surface area (TPSA) is 43.1 Å². The highest BCUT2D eigenvalue weighted by atomic mass is 32.1. The second kappa shape index (κ2) is 2.81. The Balaban J connectivity index is 2.82. The van der Waals surface area contributed by atoms with Crippen LogP contribution in [-0.4, -0.2) is 5.91 Å². The first kappa shape index (κ1) is 8.19. The van der Waals surface area contributed by atoms with Crippen molar-refractivity contribution in [3.8, 4) is 0 Å². The molecule has 0 aliphatic rings. The average molecular weight is 195 g/mol. The average Bonchev–Trinajstić information content (AvgIpc) is 2.43. The number of fused-ring (bicyclic) bond motifs is 1. The predicted octanol–water partition coefficient (Wildman–Crippen LogP) is 2.14. The molecule has 0 fully saturated rings. The summed E-state index contributed by atoms with van der Waals surface area (Å²) in [4.78, 5) is 10.9. The van der Waals surface area contributed by atoms with Crippen LogP contribution in [0, 0.1) is 5.13 Å². The minimum atomic E-state index is -0.525. The van der Waals surface area contributed by atoms with Crippen LogP contribution >= 0.6 is 11.3 Å². The van der Waals surface area contributed by atoms with Gasteiger partial charge in [-0.15, -0.1) is 11.3 Å². The highest BCUT2D eigenvalue weighted by molar-refractivity contribution is 7.17. The fraction of sp³-hybridized carbons (Fsp3) is 0. The summed E-state index contributed by atoms with van der Waals surface area (Å²) in [5.74, 6) is -0.525. The molecular formula is C9H6FNOS. The van der Waals surface area contributed by atoms with Gasteiger partial charge in [-0.2, -0.15) is 4.39 Å². The van der Waals surface area contributed by atoms with Gasteiger partial charge in [0, 0.05) is 15.6 Å². The maximum Gasteiger partial charge on any atom is 0.249 e. The lowest BCUT2D eigenvalue weighted by Crippen LogP contribution is -2.10. The molecular weight excluding hydrogens is 189 g/mol. The molecule has 2 rings (SSSR count). The number of primary amides is 1. The van der Waals surface area contributed by atoms with E-state index in [1.807, 2.05) is 0 Å². The van der Waals surface area contributed by atoms with E-state index in [1.165, 1.54) is 6.07 Å². The number of hydrogen-bond donors (Lipinski definition) is 1. The molecule has 0 aliphatic carbocycles. The summed E-state index contributed by atoms with van der Waals surface area (Å²) in [6, 6.07) is 6.38. The molecule has 2 nitrogen and oxygen atoms in total. The van der Waals surface area contributed by atoms with Crippen molar-refractivity contribution in [1.82, 2.24) is 0 Å². The molecule has 0 bridgehead atoms. The maximum atomic E-state index is 12.8. The maximum absolute atomic E-state index is 12.8. The van der Waals surface area contributed by atoms with Gasteiger partial charge >= 0.3 is 0 Å². The van der Waals surface area contributed by atoms with Crippen LogP contribution in [0.4, 0.5) is 4.39 Å². The van der Waals surface area contributed by atoms with Gasteiger partial charge < -0.3 is 5.73 Å². The van der Waals surface area contributed by atoms with Gasteiger partial charge in [0.1, 0.15) is 0 Å². The monoisotopic (exact) mass is 195 g/mol. The molecule has 2 aromatic rings. The molecule has 2 N–H and O–H groups in total. The van der Waals surface area contributed by atoms with Crippen LogP contribution in [0.3, 0.4) is 0 Å². The summed E-state index contributed by atoms with van der Waals surface area (Å²) in [6.45, 7) is 0. The van der Waals surface area contributed by atoms with Crippen LogP contribution in [0.15, 0.2) is 24.3 Å². The normalized spacial score (nSPS) is 10.5. The van der Waals surface area contributed by atoms with Crippen LogP contribution in [0.25, 0.3) is 10.1 Å². The summed E-state index contributed by atoms with van der Waals surface area (Å²) in [5, 5.41) is 0.293. The van der Waals surface area contributed by atoms with Crippen molar-refractivity contribution in [2.24, 2.45) is 5.73 Å². The van der Waals surface area contributed by atoms with E-state index in [0.29, 0.717) is 10.9 Å². The Hall–Kier alpha value is -1.42. The quantitative estimate of drug-likeness (QED) is 0.744. The van der Waals surface area contributed by atoms with Gasteiger partial charge in [-0.25, -0.2) is 0 Å². The van der Waals surface area contributed by atoms with E-state index in [2.05, 4.69) is 0 Å². The number of amides is 1. The van der Waals surface area contributed by atoms with Gasteiger partial charge in [-0.05, 0) is 18.2 Å². The summed E-state index contributed by atoms with van der Waals surface area (Å²) in [6.07, 6.45) is 0. The van der Waals surface area contributed by atoms with Gasteiger partial charge in [-0.1, -0.05) is 6.07 Å². The van der Waals surface area contributed by atoms with Crippen molar-refractivity contribution >= 4 is 27.3 Å². The number of halogens is 1. The van der Waals surface area contributed by atoms with Gasteiger partial charge in [0.25, 0.3) is 0 Å². The van der Waals surface area contributed by atoms with Gasteiger partial charge in [-0.3, -0.25) is 4.79 Å². The number of thiophene rings is 1. The SMILES string of the molecule is NC(=O)c1cccc2sc(F)cc12. The Morgan fingerprint density at radius 3 is 2.92 bits per heavy atom. The van der Waals surface area contributed by atoms with Crippen LogP contribution < -0.4 is 5.73 Å². The number of rotatable bonds is 1. The third-order valence-corrected chi connectivity index (χ3v) is 2.69. The van der Waals surface area contributed by atoms with Crippen LogP contribution in [0.5, 0.6) is 0 Å². The Labute approximate surface area is 77.8 Å². The molecule has 1 aromatic heterocycles. The van der Waals surface area contributed by atoms with Crippen molar-refractivity contribution in [2.45, 2.75) is 0 Å². The lowest BCUT2D eigenvalue weighted by molar-refractivity contribution is 0.100. The van der Waals surface area contributed by atoms with Crippen molar-refractivity contribution < 1.29 is 9.18 Å². The highest BCUT2D eigenvalue weighted by Crippen LogP contribution is 2.26. The van der Waals surface area contributed by atoms with Gasteiger partial charge in [0.05, 0.1) is 0 Å². The molecule has 66 valence electrons. The summed E-state index contributed by atoms with van der Waals surface area (Å²) in [5.41, 5.74) is 5.51. The van der Waals surface area contributed by atoms with E-state index < -0.39 is 5.91 Å². The summed E-state index contributed by atoms with van der Waals surface area (Å²) < 4.78 is 13.6. The molecule has 0 spiro atoms. The van der Waals surface area contributed by atoms with Gasteiger partial charge in [0.2, 0.25) is 5.91 Å². The second-order valence-electron chi connectivity index (χ2n) is 2.63. The zero-order valence-corrected chi connectivity index (χ0v) is 7.40. The lowest BCUT2D eigenvalue weighted by Gasteiger charge is -1.95. The number of hydrogen-bond acceptors (Lipinski definition) is 2. The van der Waals surface area contributed by atoms with Crippen molar-refractivity contribution in [2.75, 3.05) is 0 Å². The smallest absolute Gasteiger partial charge is 0.249 e. The van der Waals surface area contributed by atoms with Crippen LogP contribution in [0.1, 0.15) is 10.4 Å². The predicted molar refractivity (Wildman–Crippen MR) is 50.3 cm³/mol. The van der Waals surface area contributed by atoms with E-state index in [4.69, 9.17) is 5.73 Å². The largest absolute Gasteiger partial charge is 0.366 e. The van der Waals surface area contributed by atoms with Crippen LogP contribution in [-0.2, 0) is 0 Å². The summed E-state index contributed by atoms with van der Waals surface area (Å²) >= 11 is 1.01. The summed E-state index contributed by atoms with van der Waals surface area (Å²) in [7, 11) is 0. The number of carbonyl (C=O) groups excluding carboxylic acids is 1. The number of nitrogens with two attached hydrogens (primary N) is 1. The van der Waals surface area contributed by atoms with E-state index in [0.717, 1.165) is 16.0 Å². The Kier molecular flexibility index (Phi) is 1.77. The molecule has 0 radical (unpaired) electrons. The van der Waals surface area contributed by atoms with E-state index in [-0.39, 0.29) is 5.13 Å². The minimum absolute atomic E-state index is 0.302. The first-order chi connectivity index (χ1) is 6.18. The molecule has 1 amide bonds. The zero-order chi connectivity index (χ0) is 9.42. The minimum Gasteiger partial charge on any atom is -0.366 e. The molecule has 0 saturated carbocycles. The van der Waals surface area contributed by atoms with Gasteiger partial charge in [0.15, 0.2) is 5.13 Å². The first-order valence-corrected chi connectivity index (χ1v) is 4.48. The van der Waals surface area contributed by atoms with E-state index >= 15 is 0 Å². The van der Waals surface area contributed by atoms with Crippen molar-refractivity contribution in [3.05, 3.63) is 35.0 Å². The third-order valence-electron chi connectivity index (χ3n) is 1.80.